The Kier molecular flexibility index (Phi) is 3.55. The van der Waals surface area contributed by atoms with Crippen molar-refractivity contribution < 1.29 is 4.79 Å². The third kappa shape index (κ3) is 2.06. The van der Waals surface area contributed by atoms with E-state index in [2.05, 4.69) is 5.32 Å². The fraction of sp³-hybridized carbons (Fsp3) is 0.300. The topological polar surface area (TPSA) is 58.4 Å². The minimum Gasteiger partial charge on any atom is -0.381 e. The smallest absolute Gasteiger partial charge is 0.245 e. The molecule has 1 amide bonds. The summed E-state index contributed by atoms with van der Waals surface area (Å²) in [6, 6.07) is 7.21. The highest BCUT2D eigenvalue weighted by Crippen LogP contribution is 2.26. The molecule has 1 aliphatic rings. The van der Waals surface area contributed by atoms with E-state index in [1.54, 1.807) is 11.9 Å². The molecule has 1 aromatic carbocycles. The second-order valence-corrected chi connectivity index (χ2v) is 3.40. The van der Waals surface area contributed by atoms with Gasteiger partial charge in [0.2, 0.25) is 5.91 Å². The maximum absolute atomic E-state index is 11.7. The Morgan fingerprint density at radius 3 is 2.87 bits per heavy atom. The Bertz CT molecular complexity index is 369. The van der Waals surface area contributed by atoms with Crippen molar-refractivity contribution in [1.29, 1.82) is 0 Å². The number of para-hydroxylation sites is 2. The van der Waals surface area contributed by atoms with Crippen LogP contribution in [0.15, 0.2) is 24.3 Å². The van der Waals surface area contributed by atoms with E-state index in [-0.39, 0.29) is 18.3 Å². The van der Waals surface area contributed by atoms with E-state index in [4.69, 9.17) is 5.73 Å². The van der Waals surface area contributed by atoms with Crippen molar-refractivity contribution in [2.45, 2.75) is 6.04 Å². The number of halogens is 1. The van der Waals surface area contributed by atoms with E-state index in [1.165, 1.54) is 0 Å². The molecule has 0 fully saturated rings. The average Bonchev–Trinajstić information content (AvgIpc) is 2.32. The van der Waals surface area contributed by atoms with Crippen LogP contribution in [0.2, 0.25) is 0 Å². The van der Waals surface area contributed by atoms with Crippen LogP contribution >= 0.6 is 12.4 Å². The highest BCUT2D eigenvalue weighted by atomic mass is 35.5. The van der Waals surface area contributed by atoms with Gasteiger partial charge in [0.25, 0.3) is 0 Å². The number of nitrogens with zero attached hydrogens (tertiary/aromatic N) is 1. The van der Waals surface area contributed by atoms with Crippen LogP contribution in [0.1, 0.15) is 0 Å². The molecule has 0 unspecified atom stereocenters. The lowest BCUT2D eigenvalue weighted by Crippen LogP contribution is -2.43. The van der Waals surface area contributed by atoms with Gasteiger partial charge in [0.1, 0.15) is 6.04 Å². The summed E-state index contributed by atoms with van der Waals surface area (Å²) in [6.45, 7) is 0.486. The first-order valence-electron chi connectivity index (χ1n) is 4.56. The van der Waals surface area contributed by atoms with Crippen molar-refractivity contribution in [3.8, 4) is 0 Å². The molecule has 1 aliphatic heterocycles. The van der Waals surface area contributed by atoms with Crippen LogP contribution in [0.25, 0.3) is 0 Å². The first kappa shape index (κ1) is 11.8. The second-order valence-electron chi connectivity index (χ2n) is 3.40. The normalized spacial score (nSPS) is 19.7. The van der Waals surface area contributed by atoms with Crippen LogP contribution in [0.3, 0.4) is 0 Å². The highest BCUT2D eigenvalue weighted by molar-refractivity contribution is 6.01. The Morgan fingerprint density at radius 2 is 2.13 bits per heavy atom. The zero-order chi connectivity index (χ0) is 10.1. The van der Waals surface area contributed by atoms with Crippen molar-refractivity contribution in [2.24, 2.45) is 5.73 Å². The molecule has 1 aromatic rings. The van der Waals surface area contributed by atoms with Crippen LogP contribution in [-0.4, -0.2) is 25.5 Å². The third-order valence-electron chi connectivity index (χ3n) is 2.43. The monoisotopic (exact) mass is 227 g/mol. The minimum absolute atomic E-state index is 0. The molecule has 3 N–H and O–H groups in total. The first-order valence-corrected chi connectivity index (χ1v) is 4.56. The fourth-order valence-corrected chi connectivity index (χ4v) is 1.59. The lowest BCUT2D eigenvalue weighted by molar-refractivity contribution is -0.119. The van der Waals surface area contributed by atoms with Crippen molar-refractivity contribution in [2.75, 3.05) is 23.8 Å². The summed E-state index contributed by atoms with van der Waals surface area (Å²) >= 11 is 0. The Balaban J connectivity index is 0.00000112. The number of likely N-dealkylation sites (N-methyl/N-ethyl adjacent to an activating group) is 1. The summed E-state index contributed by atoms with van der Waals surface area (Å²) in [5, 5.41) is 3.15. The molecule has 4 nitrogen and oxygen atoms in total. The number of carbonyl (C=O) groups is 1. The molecule has 82 valence electrons. The van der Waals surface area contributed by atoms with Crippen LogP contribution in [0.4, 0.5) is 11.4 Å². The number of rotatable bonds is 0. The van der Waals surface area contributed by atoms with Gasteiger partial charge in [-0.15, -0.1) is 12.4 Å². The predicted octanol–water partition coefficient (Wildman–Crippen LogP) is 0.824. The lowest BCUT2D eigenvalue weighted by Gasteiger charge is -2.18. The molecule has 1 heterocycles. The van der Waals surface area contributed by atoms with Gasteiger partial charge in [-0.25, -0.2) is 0 Å². The summed E-state index contributed by atoms with van der Waals surface area (Å²) in [5.74, 6) is -0.0533. The molecule has 0 bridgehead atoms. The van der Waals surface area contributed by atoms with E-state index >= 15 is 0 Å². The molecular weight excluding hydrogens is 214 g/mol. The summed E-state index contributed by atoms with van der Waals surface area (Å²) in [4.78, 5) is 13.3. The fourth-order valence-electron chi connectivity index (χ4n) is 1.59. The van der Waals surface area contributed by atoms with Gasteiger partial charge in [0.05, 0.1) is 11.4 Å². The SMILES string of the molecule is CN1C(=O)[C@@H](N)CNc2ccccc21.Cl. The zero-order valence-corrected chi connectivity index (χ0v) is 9.25. The maximum Gasteiger partial charge on any atom is 0.245 e. The molecule has 1 atom stereocenters. The number of hydrogen-bond acceptors (Lipinski definition) is 3. The number of nitrogens with one attached hydrogen (secondary N) is 1. The van der Waals surface area contributed by atoms with Crippen LogP contribution in [0, 0.1) is 0 Å². The van der Waals surface area contributed by atoms with Gasteiger partial charge in [-0.1, -0.05) is 12.1 Å². The molecule has 0 spiro atoms. The third-order valence-corrected chi connectivity index (χ3v) is 2.43. The van der Waals surface area contributed by atoms with Gasteiger partial charge >= 0.3 is 0 Å². The number of benzene rings is 1. The van der Waals surface area contributed by atoms with E-state index in [9.17, 15) is 4.79 Å². The average molecular weight is 228 g/mol. The molecule has 5 heteroatoms. The van der Waals surface area contributed by atoms with E-state index in [1.807, 2.05) is 24.3 Å². The Hall–Kier alpha value is -1.26. The van der Waals surface area contributed by atoms with E-state index in [0.717, 1.165) is 11.4 Å². The molecule has 0 saturated heterocycles. The highest BCUT2D eigenvalue weighted by Gasteiger charge is 2.24. The van der Waals surface area contributed by atoms with Gasteiger partial charge in [0, 0.05) is 13.6 Å². The van der Waals surface area contributed by atoms with Crippen LogP contribution in [-0.2, 0) is 4.79 Å². The number of fused-ring (bicyclic) bond motifs is 1. The van der Waals surface area contributed by atoms with Crippen molar-refractivity contribution in [1.82, 2.24) is 0 Å². The first-order chi connectivity index (χ1) is 6.70. The van der Waals surface area contributed by atoms with E-state index in [0.29, 0.717) is 6.54 Å². The minimum atomic E-state index is -0.465. The largest absolute Gasteiger partial charge is 0.381 e. The molecule has 0 aliphatic carbocycles. The van der Waals surface area contributed by atoms with E-state index < -0.39 is 6.04 Å². The van der Waals surface area contributed by atoms with Crippen molar-refractivity contribution in [3.63, 3.8) is 0 Å². The van der Waals surface area contributed by atoms with Crippen molar-refractivity contribution >= 4 is 29.7 Å². The summed E-state index contributed by atoms with van der Waals surface area (Å²) in [6.07, 6.45) is 0. The maximum atomic E-state index is 11.7. The number of amides is 1. The van der Waals surface area contributed by atoms with Gasteiger partial charge in [-0.3, -0.25) is 4.79 Å². The molecule has 0 saturated carbocycles. The molecular formula is C10H14ClN3O. The number of carbonyl (C=O) groups excluding carboxylic acids is 1. The second kappa shape index (κ2) is 4.51. The molecule has 2 rings (SSSR count). The molecule has 15 heavy (non-hydrogen) atoms. The van der Waals surface area contributed by atoms with Gasteiger partial charge in [-0.05, 0) is 12.1 Å². The summed E-state index contributed by atoms with van der Waals surface area (Å²) in [5.41, 5.74) is 7.53. The summed E-state index contributed by atoms with van der Waals surface area (Å²) in [7, 11) is 1.74. The van der Waals surface area contributed by atoms with Gasteiger partial charge < -0.3 is 16.0 Å². The standard InChI is InChI=1S/C10H13N3O.ClH/c1-13-9-5-3-2-4-8(9)12-6-7(11)10(13)14;/h2-5,7,12H,6,11H2,1H3;1H/t7-;/m0./s1. The Labute approximate surface area is 94.8 Å². The number of hydrogen-bond donors (Lipinski definition) is 2. The quantitative estimate of drug-likeness (QED) is 0.690. The zero-order valence-electron chi connectivity index (χ0n) is 8.43. The lowest BCUT2D eigenvalue weighted by atomic mass is 10.2. The molecule has 0 radical (unpaired) electrons. The summed E-state index contributed by atoms with van der Waals surface area (Å²) < 4.78 is 0. The molecule has 0 aromatic heterocycles. The number of nitrogens with two attached hydrogens (primary N) is 1. The van der Waals surface area contributed by atoms with Gasteiger partial charge in [-0.2, -0.15) is 0 Å². The van der Waals surface area contributed by atoms with Crippen molar-refractivity contribution in [3.05, 3.63) is 24.3 Å². The van der Waals surface area contributed by atoms with Gasteiger partial charge in [0.15, 0.2) is 0 Å². The van der Waals surface area contributed by atoms with Crippen LogP contribution in [0.5, 0.6) is 0 Å². The number of anilines is 2. The predicted molar refractivity (Wildman–Crippen MR) is 63.6 cm³/mol. The Morgan fingerprint density at radius 1 is 1.47 bits per heavy atom. The van der Waals surface area contributed by atoms with Crippen LogP contribution < -0.4 is 16.0 Å².